The average molecular weight is 1200 g/mol. The van der Waals surface area contributed by atoms with E-state index in [2.05, 4.69) is 174 Å². The molecule has 12 rings (SSSR count). The number of aromatic nitrogens is 2. The molecule has 0 atom stereocenters. The molecule has 0 saturated carbocycles. The van der Waals surface area contributed by atoms with Gasteiger partial charge in [-0.2, -0.15) is 6.07 Å². The van der Waals surface area contributed by atoms with E-state index in [0.717, 1.165) is 72.9 Å². The SMILES string of the molecule is CC(C)c1cc(-c2ccccc2)cc(C(C)C)c1-c1cc(Oc2[c-]c3c(cc2)c2ccccc2n3-c2cc(C(C)(C)C)ccn2)[c-]c([N+]2=C=[N+](c3c(-c4ccccc4)cccc3-c3cc(F)cc(F)c3)c3ccccc32)c1.[Pt+2]. The Morgan fingerprint density at radius 2 is 1.15 bits per heavy atom. The maximum Gasteiger partial charge on any atom is 2.00 e. The fourth-order valence-electron chi connectivity index (χ4n) is 10.9. The first kappa shape index (κ1) is 51.7. The second-order valence-electron chi connectivity index (χ2n) is 21.5. The Morgan fingerprint density at radius 3 is 1.82 bits per heavy atom. The molecule has 78 heavy (non-hydrogen) atoms. The molecular formula is C70H56F2N4OPt+2. The summed E-state index contributed by atoms with van der Waals surface area (Å²) in [6.45, 7) is 15.7. The first-order valence-corrected chi connectivity index (χ1v) is 26.3. The molecule has 1 aliphatic heterocycles. The molecule has 0 bridgehead atoms. The van der Waals surface area contributed by atoms with Crippen molar-refractivity contribution in [1.82, 2.24) is 18.7 Å². The molecule has 2 aromatic heterocycles. The summed E-state index contributed by atoms with van der Waals surface area (Å²) < 4.78 is 43.7. The summed E-state index contributed by atoms with van der Waals surface area (Å²) in [5.41, 5.74) is 15.7. The molecule has 0 spiro atoms. The van der Waals surface area contributed by atoms with Crippen molar-refractivity contribution in [3.05, 3.63) is 241 Å². The van der Waals surface area contributed by atoms with Crippen molar-refractivity contribution in [2.75, 3.05) is 0 Å². The fourth-order valence-corrected chi connectivity index (χ4v) is 10.9. The van der Waals surface area contributed by atoms with Gasteiger partial charge in [0.1, 0.15) is 23.1 Å². The fraction of sp³-hybridized carbons (Fsp3) is 0.143. The van der Waals surface area contributed by atoms with E-state index in [0.29, 0.717) is 34.0 Å². The van der Waals surface area contributed by atoms with Gasteiger partial charge in [0, 0.05) is 41.4 Å². The van der Waals surface area contributed by atoms with Crippen molar-refractivity contribution in [3.8, 4) is 61.8 Å². The number of benzene rings is 9. The van der Waals surface area contributed by atoms with Crippen LogP contribution >= 0.6 is 0 Å². The zero-order valence-corrected chi connectivity index (χ0v) is 46.7. The zero-order valence-electron chi connectivity index (χ0n) is 44.5. The first-order chi connectivity index (χ1) is 37.3. The minimum Gasteiger partial charge on any atom is -0.509 e. The predicted octanol–water partition coefficient (Wildman–Crippen LogP) is 18.9. The number of halogens is 2. The van der Waals surface area contributed by atoms with Gasteiger partial charge in [-0.05, 0) is 114 Å². The number of nitrogens with zero attached hydrogens (tertiary/aromatic N) is 4. The van der Waals surface area contributed by atoms with Crippen molar-refractivity contribution in [3.63, 3.8) is 0 Å². The largest absolute Gasteiger partial charge is 2.00 e. The van der Waals surface area contributed by atoms with Crippen LogP contribution in [0.1, 0.15) is 77.0 Å². The standard InChI is InChI=1S/C70H56F2N4O.Pt/c1-44(2)61-37-48(46-19-10-8-11-20-46)38-62(45(3)4)68(61)50-35-54(41-56(36-50)77-55-29-30-60-59-23-14-15-26-63(59)76(66(60)42-55)67-39-51(31-32-73-67)70(5,6)7)74-43-75(65-28-17-16-27-64(65)74)69-57(47-21-12-9-13-22-47)24-18-25-58(69)49-33-52(71)40-53(72)34-49;/h8-40,44-45H,1-7H3;/q;+2. The normalized spacial score (nSPS) is 12.2. The Bertz CT molecular complexity index is 4140. The molecule has 0 unspecified atom stereocenters. The first-order valence-electron chi connectivity index (χ1n) is 26.3. The molecule has 0 radical (unpaired) electrons. The number of ether oxygens (including phenoxy) is 1. The molecular weight excluding hydrogens is 1150 g/mol. The molecule has 3 heterocycles. The Balaban J connectivity index is 0.00000645. The quantitative estimate of drug-likeness (QED) is 0.0955. The zero-order chi connectivity index (χ0) is 53.1. The average Bonchev–Trinajstić information content (AvgIpc) is 4.11. The number of hydrogen-bond donors (Lipinski definition) is 0. The van der Waals surface area contributed by atoms with E-state index in [-0.39, 0.29) is 38.3 Å². The minimum absolute atomic E-state index is 0. The van der Waals surface area contributed by atoms with Gasteiger partial charge in [-0.3, -0.25) is 0 Å². The topological polar surface area (TPSA) is 33.1 Å². The summed E-state index contributed by atoms with van der Waals surface area (Å²) in [5.74, 6) is 0.806. The predicted molar refractivity (Wildman–Crippen MR) is 312 cm³/mol. The molecule has 11 aromatic rings. The van der Waals surface area contributed by atoms with Crippen LogP contribution in [0, 0.1) is 23.8 Å². The van der Waals surface area contributed by atoms with Gasteiger partial charge in [0.25, 0.3) is 11.4 Å². The number of fused-ring (bicyclic) bond motifs is 4. The van der Waals surface area contributed by atoms with E-state index in [4.69, 9.17) is 9.72 Å². The van der Waals surface area contributed by atoms with Gasteiger partial charge in [-0.25, -0.2) is 13.8 Å². The van der Waals surface area contributed by atoms with Gasteiger partial charge >= 0.3 is 27.1 Å². The Hall–Kier alpha value is -8.34. The number of rotatable bonds is 11. The summed E-state index contributed by atoms with van der Waals surface area (Å²) in [6.07, 6.45) is 1.89. The Morgan fingerprint density at radius 1 is 0.538 bits per heavy atom. The van der Waals surface area contributed by atoms with Crippen molar-refractivity contribution < 1.29 is 34.6 Å². The van der Waals surface area contributed by atoms with Crippen LogP contribution in [-0.4, -0.2) is 15.6 Å². The molecule has 0 fully saturated rings. The molecule has 384 valence electrons. The Labute approximate surface area is 469 Å². The van der Waals surface area contributed by atoms with E-state index in [1.807, 2.05) is 88.1 Å². The number of para-hydroxylation sites is 4. The van der Waals surface area contributed by atoms with E-state index in [1.54, 1.807) is 0 Å². The van der Waals surface area contributed by atoms with E-state index >= 15 is 8.78 Å². The van der Waals surface area contributed by atoms with Crippen molar-refractivity contribution >= 4 is 50.6 Å². The van der Waals surface area contributed by atoms with Crippen molar-refractivity contribution in [2.45, 2.75) is 65.7 Å². The molecule has 1 aliphatic rings. The molecule has 0 saturated heterocycles. The van der Waals surface area contributed by atoms with Gasteiger partial charge in [-0.15, -0.1) is 29.1 Å². The van der Waals surface area contributed by atoms with E-state index in [9.17, 15) is 0 Å². The maximum absolute atomic E-state index is 15.2. The third-order valence-corrected chi connectivity index (χ3v) is 14.6. The van der Waals surface area contributed by atoms with Crippen LogP contribution < -0.4 is 13.9 Å². The summed E-state index contributed by atoms with van der Waals surface area (Å²) in [4.78, 5) is 4.93. The molecule has 0 amide bonds. The second-order valence-corrected chi connectivity index (χ2v) is 21.5. The minimum atomic E-state index is -0.658. The van der Waals surface area contributed by atoms with Crippen LogP contribution in [0.15, 0.2) is 200 Å². The third-order valence-electron chi connectivity index (χ3n) is 14.6. The molecule has 0 aliphatic carbocycles. The second kappa shape index (κ2) is 20.9. The third kappa shape index (κ3) is 9.63. The summed E-state index contributed by atoms with van der Waals surface area (Å²) in [6, 6.07) is 75.2. The monoisotopic (exact) mass is 1200 g/mol. The van der Waals surface area contributed by atoms with E-state index in [1.165, 1.54) is 34.4 Å². The van der Waals surface area contributed by atoms with Crippen LogP contribution in [-0.2, 0) is 26.5 Å². The van der Waals surface area contributed by atoms with Gasteiger partial charge < -0.3 is 9.30 Å². The van der Waals surface area contributed by atoms with Gasteiger partial charge in [0.05, 0.1) is 11.1 Å². The molecule has 8 heteroatoms. The van der Waals surface area contributed by atoms with Crippen LogP contribution in [0.4, 0.5) is 31.5 Å². The molecule has 9 aromatic carbocycles. The summed E-state index contributed by atoms with van der Waals surface area (Å²) >= 11 is 0. The number of hydrogen-bond acceptors (Lipinski definition) is 2. The van der Waals surface area contributed by atoms with Gasteiger partial charge in [0.15, 0.2) is 0 Å². The van der Waals surface area contributed by atoms with Crippen molar-refractivity contribution in [1.29, 1.82) is 0 Å². The molecule has 5 nitrogen and oxygen atoms in total. The molecule has 0 N–H and O–H groups in total. The number of pyridine rings is 1. The summed E-state index contributed by atoms with van der Waals surface area (Å²) in [7, 11) is 0. The van der Waals surface area contributed by atoms with Crippen LogP contribution in [0.5, 0.6) is 11.5 Å². The van der Waals surface area contributed by atoms with E-state index < -0.39 is 11.6 Å². The van der Waals surface area contributed by atoms with Crippen LogP contribution in [0.2, 0.25) is 0 Å². The van der Waals surface area contributed by atoms with Crippen LogP contribution in [0.25, 0.3) is 72.1 Å². The smallest absolute Gasteiger partial charge is 0.509 e. The summed E-state index contributed by atoms with van der Waals surface area (Å²) in [5, 5.41) is 2.12. The van der Waals surface area contributed by atoms with Gasteiger partial charge in [0.2, 0.25) is 5.69 Å². The maximum atomic E-state index is 15.2. The Kier molecular flexibility index (Phi) is 13.9. The van der Waals surface area contributed by atoms with Crippen LogP contribution in [0.3, 0.4) is 0 Å². The van der Waals surface area contributed by atoms with Crippen molar-refractivity contribution in [2.24, 2.45) is 0 Å². The van der Waals surface area contributed by atoms with Gasteiger partial charge in [-0.1, -0.05) is 180 Å².